The summed E-state index contributed by atoms with van der Waals surface area (Å²) in [5, 5.41) is 5.79. The molecule has 4 aromatic rings. The first-order chi connectivity index (χ1) is 17.6. The van der Waals surface area contributed by atoms with Crippen molar-refractivity contribution in [1.82, 2.24) is 15.0 Å². The fraction of sp³-hybridized carbons (Fsp3) is 0.208. The minimum atomic E-state index is -4.86. The van der Waals surface area contributed by atoms with Crippen LogP contribution in [0.4, 0.5) is 35.6 Å². The second-order valence-electron chi connectivity index (χ2n) is 8.24. The fourth-order valence-corrected chi connectivity index (χ4v) is 4.49. The van der Waals surface area contributed by atoms with Gasteiger partial charge in [-0.15, -0.1) is 13.2 Å². The summed E-state index contributed by atoms with van der Waals surface area (Å²) in [6.45, 7) is 1.40. The number of fused-ring (bicyclic) bond motifs is 1. The molecule has 2 amide bonds. The summed E-state index contributed by atoms with van der Waals surface area (Å²) in [5.74, 6) is -0.847. The van der Waals surface area contributed by atoms with Gasteiger partial charge in [-0.25, -0.2) is 9.97 Å². The number of alkyl halides is 3. The Morgan fingerprint density at radius 2 is 1.86 bits per heavy atom. The summed E-state index contributed by atoms with van der Waals surface area (Å²) in [7, 11) is 0. The number of anilines is 4. The summed E-state index contributed by atoms with van der Waals surface area (Å²) >= 11 is 1.24. The van der Waals surface area contributed by atoms with E-state index in [9.17, 15) is 22.8 Å². The molecule has 37 heavy (non-hydrogen) atoms. The molecule has 5 rings (SSSR count). The van der Waals surface area contributed by atoms with Crippen LogP contribution in [0.25, 0.3) is 10.3 Å². The highest BCUT2D eigenvalue weighted by molar-refractivity contribution is 7.21. The van der Waals surface area contributed by atoms with E-state index in [2.05, 4.69) is 30.3 Å². The van der Waals surface area contributed by atoms with Gasteiger partial charge in [0.25, 0.3) is 5.91 Å². The number of thiazole rings is 1. The van der Waals surface area contributed by atoms with Crippen molar-refractivity contribution in [3.63, 3.8) is 0 Å². The summed E-state index contributed by atoms with van der Waals surface area (Å²) in [4.78, 5) is 40.1. The van der Waals surface area contributed by atoms with E-state index in [1.807, 2.05) is 11.0 Å². The highest BCUT2D eigenvalue weighted by Gasteiger charge is 2.33. The van der Waals surface area contributed by atoms with Gasteiger partial charge in [-0.05, 0) is 49.2 Å². The van der Waals surface area contributed by atoms with E-state index in [0.29, 0.717) is 27.1 Å². The van der Waals surface area contributed by atoms with Gasteiger partial charge in [-0.1, -0.05) is 23.5 Å². The Labute approximate surface area is 212 Å². The predicted octanol–water partition coefficient (Wildman–Crippen LogP) is 5.50. The van der Waals surface area contributed by atoms with Crippen LogP contribution in [0.5, 0.6) is 5.75 Å². The molecule has 0 bridgehead atoms. The zero-order valence-electron chi connectivity index (χ0n) is 19.2. The van der Waals surface area contributed by atoms with Crippen molar-refractivity contribution >= 4 is 56.0 Å². The molecular formula is C24H19F3N6O3S. The molecule has 0 atom stereocenters. The number of hydrogen-bond donors (Lipinski definition) is 2. The molecule has 1 fully saturated rings. The molecule has 2 heterocycles. The number of benzene rings is 2. The second-order valence-corrected chi connectivity index (χ2v) is 9.22. The molecule has 190 valence electrons. The summed E-state index contributed by atoms with van der Waals surface area (Å²) < 4.78 is 41.5. The number of hydrogen-bond acceptors (Lipinski definition) is 8. The van der Waals surface area contributed by atoms with Crippen LogP contribution >= 0.6 is 11.3 Å². The van der Waals surface area contributed by atoms with Crippen molar-refractivity contribution in [3.8, 4) is 5.75 Å². The Balaban J connectivity index is 1.38. The fourth-order valence-electron chi connectivity index (χ4n) is 3.64. The maximum atomic E-state index is 12.7. The van der Waals surface area contributed by atoms with Crippen molar-refractivity contribution in [2.75, 3.05) is 15.5 Å². The van der Waals surface area contributed by atoms with Gasteiger partial charge in [0.2, 0.25) is 11.9 Å². The number of rotatable bonds is 7. The van der Waals surface area contributed by atoms with E-state index in [0.717, 1.165) is 30.7 Å². The topological polar surface area (TPSA) is 109 Å². The molecule has 1 aliphatic carbocycles. The smallest absolute Gasteiger partial charge is 0.406 e. The van der Waals surface area contributed by atoms with Crippen molar-refractivity contribution < 1.29 is 27.5 Å². The zero-order valence-corrected chi connectivity index (χ0v) is 20.1. The number of carbonyl (C=O) groups is 2. The molecule has 0 aliphatic heterocycles. The maximum Gasteiger partial charge on any atom is 0.573 e. The van der Waals surface area contributed by atoms with E-state index >= 15 is 0 Å². The second kappa shape index (κ2) is 9.65. The van der Waals surface area contributed by atoms with Gasteiger partial charge in [0.1, 0.15) is 11.3 Å². The Kier molecular flexibility index (Phi) is 6.38. The average molecular weight is 529 g/mol. The molecule has 0 saturated heterocycles. The summed E-state index contributed by atoms with van der Waals surface area (Å²) in [5.41, 5.74) is 1.76. The van der Waals surface area contributed by atoms with Crippen LogP contribution in [0.2, 0.25) is 0 Å². The van der Waals surface area contributed by atoms with E-state index in [4.69, 9.17) is 0 Å². The number of aromatic nitrogens is 3. The minimum absolute atomic E-state index is 0.0140. The van der Waals surface area contributed by atoms with Crippen LogP contribution in [-0.4, -0.2) is 39.2 Å². The Hall–Kier alpha value is -4.26. The van der Waals surface area contributed by atoms with Crippen LogP contribution in [-0.2, 0) is 4.79 Å². The van der Waals surface area contributed by atoms with E-state index in [1.54, 1.807) is 24.4 Å². The summed E-state index contributed by atoms with van der Waals surface area (Å²) in [6, 6.07) is 12.1. The quantitative estimate of drug-likeness (QED) is 0.326. The Morgan fingerprint density at radius 1 is 1.08 bits per heavy atom. The first kappa shape index (κ1) is 24.4. The number of amides is 2. The van der Waals surface area contributed by atoms with Gasteiger partial charge in [0, 0.05) is 29.9 Å². The monoisotopic (exact) mass is 528 g/mol. The number of halogens is 3. The third-order valence-corrected chi connectivity index (χ3v) is 6.14. The van der Waals surface area contributed by atoms with E-state index < -0.39 is 18.0 Å². The molecule has 9 nitrogen and oxygen atoms in total. The standard InChI is InChI=1S/C24H19F3N6O3S/c1-13(34)29-23-31-19-12-28-22(32-21(19)37-23)33(16-8-9-16)17-6-3-5-15(11-17)30-20(35)14-4-2-7-18(10-14)36-24(25,26)27/h2-7,10-12,16H,8-9H2,1H3,(H,30,35)(H,29,31,34). The van der Waals surface area contributed by atoms with Crippen molar-refractivity contribution in [2.45, 2.75) is 32.2 Å². The first-order valence-electron chi connectivity index (χ1n) is 11.1. The number of nitrogens with one attached hydrogen (secondary N) is 2. The van der Waals surface area contributed by atoms with Crippen LogP contribution in [0, 0.1) is 0 Å². The van der Waals surface area contributed by atoms with Gasteiger partial charge < -0.3 is 20.3 Å². The third-order valence-electron chi connectivity index (χ3n) is 5.26. The molecular weight excluding hydrogens is 509 g/mol. The molecule has 0 unspecified atom stereocenters. The number of nitrogens with zero attached hydrogens (tertiary/aromatic N) is 4. The normalized spacial score (nSPS) is 13.3. The highest BCUT2D eigenvalue weighted by Crippen LogP contribution is 2.38. The van der Waals surface area contributed by atoms with Crippen LogP contribution in [0.3, 0.4) is 0 Å². The van der Waals surface area contributed by atoms with Crippen molar-refractivity contribution in [1.29, 1.82) is 0 Å². The Bertz CT molecular complexity index is 1490. The van der Waals surface area contributed by atoms with Gasteiger partial charge in [0.05, 0.1) is 6.20 Å². The van der Waals surface area contributed by atoms with Crippen molar-refractivity contribution in [3.05, 3.63) is 60.3 Å². The zero-order chi connectivity index (χ0) is 26.2. The average Bonchev–Trinajstić information content (AvgIpc) is 3.57. The van der Waals surface area contributed by atoms with Crippen LogP contribution in [0.1, 0.15) is 30.1 Å². The van der Waals surface area contributed by atoms with Gasteiger partial charge in [0.15, 0.2) is 9.96 Å². The lowest BCUT2D eigenvalue weighted by Gasteiger charge is -2.23. The first-order valence-corrected chi connectivity index (χ1v) is 11.9. The molecule has 0 radical (unpaired) electrons. The highest BCUT2D eigenvalue weighted by atomic mass is 32.1. The SMILES string of the molecule is CC(=O)Nc1nc2cnc(N(c3cccc(NC(=O)c4cccc(OC(F)(F)F)c4)c3)C3CC3)nc2s1. The molecule has 1 aliphatic rings. The maximum absolute atomic E-state index is 12.7. The van der Waals surface area contributed by atoms with Crippen LogP contribution in [0.15, 0.2) is 54.7 Å². The van der Waals surface area contributed by atoms with E-state index in [-0.39, 0.29) is 17.5 Å². The molecule has 13 heteroatoms. The summed E-state index contributed by atoms with van der Waals surface area (Å²) in [6.07, 6.45) is -1.39. The van der Waals surface area contributed by atoms with Crippen molar-refractivity contribution in [2.24, 2.45) is 0 Å². The number of ether oxygens (including phenoxy) is 1. The molecule has 2 N–H and O–H groups in total. The van der Waals surface area contributed by atoms with E-state index in [1.165, 1.54) is 30.4 Å². The Morgan fingerprint density at radius 3 is 2.59 bits per heavy atom. The predicted molar refractivity (Wildman–Crippen MR) is 132 cm³/mol. The molecule has 1 saturated carbocycles. The molecule has 2 aromatic heterocycles. The molecule has 0 spiro atoms. The molecule has 2 aromatic carbocycles. The lowest BCUT2D eigenvalue weighted by atomic mass is 10.2. The largest absolute Gasteiger partial charge is 0.573 e. The van der Waals surface area contributed by atoms with Gasteiger partial charge in [-0.3, -0.25) is 9.59 Å². The lowest BCUT2D eigenvalue weighted by Crippen LogP contribution is -2.22. The van der Waals surface area contributed by atoms with Gasteiger partial charge >= 0.3 is 6.36 Å². The van der Waals surface area contributed by atoms with Crippen LogP contribution < -0.4 is 20.3 Å². The minimum Gasteiger partial charge on any atom is -0.406 e. The van der Waals surface area contributed by atoms with Gasteiger partial charge in [-0.2, -0.15) is 4.98 Å². The third kappa shape index (κ3) is 5.94. The lowest BCUT2D eigenvalue weighted by molar-refractivity contribution is -0.274. The number of carbonyl (C=O) groups excluding carboxylic acids is 2.